The van der Waals surface area contributed by atoms with Gasteiger partial charge in [-0.25, -0.2) is 21.9 Å². The Kier molecular flexibility index (Phi) is 3.43. The number of sulfonamides is 1. The van der Waals surface area contributed by atoms with Gasteiger partial charge in [-0.3, -0.25) is 0 Å². The van der Waals surface area contributed by atoms with Crippen molar-refractivity contribution in [3.63, 3.8) is 0 Å². The summed E-state index contributed by atoms with van der Waals surface area (Å²) in [7, 11) is -3.55. The maximum Gasteiger partial charge on any atom is 0.266 e. The van der Waals surface area contributed by atoms with Crippen molar-refractivity contribution in [3.8, 4) is 0 Å². The van der Waals surface area contributed by atoms with Crippen LogP contribution in [-0.4, -0.2) is 27.1 Å². The first-order valence-electron chi connectivity index (χ1n) is 3.78. The largest absolute Gasteiger partial charge is 0.266 e. The molecule has 0 atom stereocenters. The molecule has 0 radical (unpaired) electrons. The smallest absolute Gasteiger partial charge is 0.213 e. The molecule has 0 aromatic heterocycles. The monoisotopic (exact) mass is 215 g/mol. The maximum absolute atomic E-state index is 13.1. The molecule has 3 nitrogen and oxygen atoms in total. The van der Waals surface area contributed by atoms with E-state index in [1.54, 1.807) is 4.72 Å². The SMILES string of the molecule is CC(C)(C)C(F)(F)CNS(C)(=O)=O. The van der Waals surface area contributed by atoms with Gasteiger partial charge in [-0.05, 0) is 0 Å². The molecule has 0 saturated heterocycles. The van der Waals surface area contributed by atoms with Crippen molar-refractivity contribution >= 4 is 10.0 Å². The van der Waals surface area contributed by atoms with Crippen LogP contribution < -0.4 is 4.72 Å². The first-order chi connectivity index (χ1) is 5.46. The van der Waals surface area contributed by atoms with E-state index in [2.05, 4.69) is 0 Å². The van der Waals surface area contributed by atoms with Crippen molar-refractivity contribution in [2.45, 2.75) is 26.7 Å². The van der Waals surface area contributed by atoms with Gasteiger partial charge in [0.1, 0.15) is 0 Å². The minimum Gasteiger partial charge on any atom is -0.213 e. The molecule has 0 saturated carbocycles. The van der Waals surface area contributed by atoms with Crippen molar-refractivity contribution in [3.05, 3.63) is 0 Å². The Bertz CT molecular complexity index is 267. The van der Waals surface area contributed by atoms with Crippen molar-refractivity contribution in [2.24, 2.45) is 5.41 Å². The Hall–Kier alpha value is -0.230. The summed E-state index contributed by atoms with van der Waals surface area (Å²) in [6.07, 6.45) is 0.853. The molecule has 0 aromatic rings. The van der Waals surface area contributed by atoms with Crippen LogP contribution >= 0.6 is 0 Å². The lowest BCUT2D eigenvalue weighted by Crippen LogP contribution is -2.44. The molecule has 0 amide bonds. The van der Waals surface area contributed by atoms with Crippen LogP contribution in [0.3, 0.4) is 0 Å². The van der Waals surface area contributed by atoms with Gasteiger partial charge >= 0.3 is 0 Å². The van der Waals surface area contributed by atoms with Gasteiger partial charge in [0, 0.05) is 5.41 Å². The van der Waals surface area contributed by atoms with Crippen LogP contribution in [-0.2, 0) is 10.0 Å². The maximum atomic E-state index is 13.1. The molecule has 0 heterocycles. The van der Waals surface area contributed by atoms with E-state index in [1.807, 2.05) is 0 Å². The molecule has 0 bridgehead atoms. The summed E-state index contributed by atoms with van der Waals surface area (Å²) in [5.74, 6) is -3.05. The first-order valence-corrected chi connectivity index (χ1v) is 5.67. The highest BCUT2D eigenvalue weighted by atomic mass is 32.2. The number of halogens is 2. The molecule has 0 rings (SSSR count). The Labute approximate surface area is 77.6 Å². The molecule has 1 N–H and O–H groups in total. The van der Waals surface area contributed by atoms with Gasteiger partial charge in [-0.15, -0.1) is 0 Å². The Morgan fingerprint density at radius 3 is 1.85 bits per heavy atom. The molecular weight excluding hydrogens is 200 g/mol. The topological polar surface area (TPSA) is 46.2 Å². The van der Waals surface area contributed by atoms with Crippen LogP contribution in [0.2, 0.25) is 0 Å². The fourth-order valence-corrected chi connectivity index (χ4v) is 0.930. The second-order valence-electron chi connectivity index (χ2n) is 4.05. The summed E-state index contributed by atoms with van der Waals surface area (Å²) >= 11 is 0. The highest BCUT2D eigenvalue weighted by molar-refractivity contribution is 7.88. The third-order valence-electron chi connectivity index (χ3n) is 1.65. The highest BCUT2D eigenvalue weighted by Crippen LogP contribution is 2.34. The predicted molar refractivity (Wildman–Crippen MR) is 47.2 cm³/mol. The molecule has 6 heteroatoms. The minimum absolute atomic E-state index is 0.852. The molecule has 0 spiro atoms. The lowest BCUT2D eigenvalue weighted by molar-refractivity contribution is -0.0897. The van der Waals surface area contributed by atoms with E-state index in [4.69, 9.17) is 0 Å². The van der Waals surface area contributed by atoms with Gasteiger partial charge in [0.25, 0.3) is 5.92 Å². The van der Waals surface area contributed by atoms with Gasteiger partial charge in [0.05, 0.1) is 12.8 Å². The normalized spacial score (nSPS) is 14.6. The van der Waals surface area contributed by atoms with E-state index in [9.17, 15) is 17.2 Å². The zero-order valence-corrected chi connectivity index (χ0v) is 9.00. The molecule has 80 valence electrons. The second-order valence-corrected chi connectivity index (χ2v) is 5.88. The van der Waals surface area contributed by atoms with Crippen LogP contribution in [0.25, 0.3) is 0 Å². The van der Waals surface area contributed by atoms with E-state index in [-0.39, 0.29) is 0 Å². The van der Waals surface area contributed by atoms with Gasteiger partial charge in [0.2, 0.25) is 10.0 Å². The summed E-state index contributed by atoms with van der Waals surface area (Å²) in [5, 5.41) is 0. The van der Waals surface area contributed by atoms with Crippen molar-refractivity contribution < 1.29 is 17.2 Å². The average molecular weight is 215 g/mol. The molecule has 0 aliphatic heterocycles. The lowest BCUT2D eigenvalue weighted by Gasteiger charge is -2.30. The summed E-state index contributed by atoms with van der Waals surface area (Å²) < 4.78 is 49.2. The number of rotatable bonds is 3. The van der Waals surface area contributed by atoms with Crippen molar-refractivity contribution in [1.82, 2.24) is 4.72 Å². The second kappa shape index (κ2) is 3.49. The molecule has 0 aliphatic carbocycles. The Morgan fingerprint density at radius 1 is 1.23 bits per heavy atom. The summed E-state index contributed by atoms with van der Waals surface area (Å²) in [4.78, 5) is 0. The van der Waals surface area contributed by atoms with Gasteiger partial charge < -0.3 is 0 Å². The molecule has 0 aliphatic rings. The third-order valence-corrected chi connectivity index (χ3v) is 2.32. The van der Waals surface area contributed by atoms with E-state index < -0.39 is 27.9 Å². The first kappa shape index (κ1) is 12.8. The van der Waals surface area contributed by atoms with E-state index >= 15 is 0 Å². The Balaban J connectivity index is 4.38. The van der Waals surface area contributed by atoms with Crippen LogP contribution in [0, 0.1) is 5.41 Å². The predicted octanol–water partition coefficient (Wildman–Crippen LogP) is 1.22. The van der Waals surface area contributed by atoms with Crippen LogP contribution in [0.5, 0.6) is 0 Å². The standard InChI is InChI=1S/C7H15F2NO2S/c1-6(2,3)7(8,9)5-10-13(4,11)12/h10H,5H2,1-4H3. The number of alkyl halides is 2. The zero-order chi connectivity index (χ0) is 10.9. The van der Waals surface area contributed by atoms with E-state index in [0.717, 1.165) is 6.26 Å². The molecular formula is C7H15F2NO2S. The summed E-state index contributed by atoms with van der Waals surface area (Å²) in [6, 6.07) is 0. The fourth-order valence-electron chi connectivity index (χ4n) is 0.487. The third kappa shape index (κ3) is 4.52. The van der Waals surface area contributed by atoms with Gasteiger partial charge in [0.15, 0.2) is 0 Å². The number of nitrogens with one attached hydrogen (secondary N) is 1. The van der Waals surface area contributed by atoms with Gasteiger partial charge in [-0.2, -0.15) is 0 Å². The van der Waals surface area contributed by atoms with Crippen LogP contribution in [0.1, 0.15) is 20.8 Å². The lowest BCUT2D eigenvalue weighted by atomic mass is 9.88. The van der Waals surface area contributed by atoms with Crippen molar-refractivity contribution in [2.75, 3.05) is 12.8 Å². The highest BCUT2D eigenvalue weighted by Gasteiger charge is 2.43. The van der Waals surface area contributed by atoms with Crippen LogP contribution in [0.15, 0.2) is 0 Å². The average Bonchev–Trinajstić information content (AvgIpc) is 1.79. The zero-order valence-electron chi connectivity index (χ0n) is 8.19. The fraction of sp³-hybridized carbons (Fsp3) is 1.00. The molecule has 0 fully saturated rings. The molecule has 0 unspecified atom stereocenters. The van der Waals surface area contributed by atoms with Gasteiger partial charge in [-0.1, -0.05) is 20.8 Å². The molecule has 13 heavy (non-hydrogen) atoms. The van der Waals surface area contributed by atoms with Crippen LogP contribution in [0.4, 0.5) is 8.78 Å². The number of hydrogen-bond donors (Lipinski definition) is 1. The quantitative estimate of drug-likeness (QED) is 0.769. The minimum atomic E-state index is -3.55. The Morgan fingerprint density at radius 2 is 1.62 bits per heavy atom. The number of hydrogen-bond acceptors (Lipinski definition) is 2. The molecule has 0 aromatic carbocycles. The summed E-state index contributed by atoms with van der Waals surface area (Å²) in [5.41, 5.74) is -1.25. The van der Waals surface area contributed by atoms with E-state index in [1.165, 1.54) is 20.8 Å². The summed E-state index contributed by atoms with van der Waals surface area (Å²) in [6.45, 7) is 3.22. The van der Waals surface area contributed by atoms with Crippen molar-refractivity contribution in [1.29, 1.82) is 0 Å². The van der Waals surface area contributed by atoms with E-state index in [0.29, 0.717) is 0 Å².